The van der Waals surface area contributed by atoms with Gasteiger partial charge in [0.15, 0.2) is 0 Å². The van der Waals surface area contributed by atoms with Gasteiger partial charge in [-0.1, -0.05) is 32.0 Å². The number of ether oxygens (including phenoxy) is 1. The molecule has 1 N–H and O–H groups in total. The summed E-state index contributed by atoms with van der Waals surface area (Å²) >= 11 is 1.95. The SMILES string of the molecule is CCNC(Cc1ccc(CC)s1)C1COc2ccccc21. The highest BCUT2D eigenvalue weighted by atomic mass is 32.1. The van der Waals surface area contributed by atoms with Crippen LogP contribution >= 0.6 is 11.3 Å². The Morgan fingerprint density at radius 1 is 1.19 bits per heavy atom. The van der Waals surface area contributed by atoms with Crippen LogP contribution in [0.1, 0.15) is 35.1 Å². The summed E-state index contributed by atoms with van der Waals surface area (Å²) in [4.78, 5) is 2.95. The molecule has 0 bridgehead atoms. The topological polar surface area (TPSA) is 21.3 Å². The number of aryl methyl sites for hydroxylation is 1. The van der Waals surface area contributed by atoms with Crippen molar-refractivity contribution in [3.63, 3.8) is 0 Å². The Bertz CT molecular complexity index is 592. The van der Waals surface area contributed by atoms with E-state index in [2.05, 4.69) is 55.6 Å². The van der Waals surface area contributed by atoms with Crippen LogP contribution in [-0.2, 0) is 12.8 Å². The maximum absolute atomic E-state index is 5.87. The third kappa shape index (κ3) is 3.14. The lowest BCUT2D eigenvalue weighted by molar-refractivity contribution is 0.298. The first-order valence-electron chi connectivity index (χ1n) is 7.84. The second-order valence-electron chi connectivity index (χ2n) is 5.55. The maximum Gasteiger partial charge on any atom is 0.122 e. The van der Waals surface area contributed by atoms with Crippen molar-refractivity contribution in [2.24, 2.45) is 0 Å². The molecule has 1 aromatic heterocycles. The first-order valence-corrected chi connectivity index (χ1v) is 8.66. The molecule has 3 heteroatoms. The Morgan fingerprint density at radius 3 is 2.76 bits per heavy atom. The number of hydrogen-bond donors (Lipinski definition) is 1. The van der Waals surface area contributed by atoms with Crippen LogP contribution < -0.4 is 10.1 Å². The zero-order valence-electron chi connectivity index (χ0n) is 12.8. The van der Waals surface area contributed by atoms with Crippen molar-refractivity contribution in [1.82, 2.24) is 5.32 Å². The Balaban J connectivity index is 1.79. The van der Waals surface area contributed by atoms with E-state index < -0.39 is 0 Å². The molecule has 0 saturated heterocycles. The zero-order chi connectivity index (χ0) is 14.7. The fraction of sp³-hybridized carbons (Fsp3) is 0.444. The van der Waals surface area contributed by atoms with Crippen LogP contribution in [-0.4, -0.2) is 19.2 Å². The molecule has 1 aliphatic heterocycles. The van der Waals surface area contributed by atoms with Crippen molar-refractivity contribution >= 4 is 11.3 Å². The predicted octanol–water partition coefficient (Wildman–Crippen LogP) is 4.01. The van der Waals surface area contributed by atoms with E-state index in [0.717, 1.165) is 31.7 Å². The number of rotatable bonds is 6. The predicted molar refractivity (Wildman–Crippen MR) is 89.5 cm³/mol. The van der Waals surface area contributed by atoms with E-state index in [1.807, 2.05) is 11.3 Å². The van der Waals surface area contributed by atoms with Crippen molar-refractivity contribution in [2.75, 3.05) is 13.2 Å². The second kappa shape index (κ2) is 6.63. The van der Waals surface area contributed by atoms with Crippen molar-refractivity contribution in [2.45, 2.75) is 38.6 Å². The van der Waals surface area contributed by atoms with Crippen LogP contribution in [0.15, 0.2) is 36.4 Å². The third-order valence-electron chi connectivity index (χ3n) is 4.18. The zero-order valence-corrected chi connectivity index (χ0v) is 13.6. The van der Waals surface area contributed by atoms with Gasteiger partial charge in [-0.2, -0.15) is 0 Å². The number of benzene rings is 1. The molecule has 3 rings (SSSR count). The quantitative estimate of drug-likeness (QED) is 0.870. The average Bonchev–Trinajstić information content (AvgIpc) is 3.13. The van der Waals surface area contributed by atoms with Gasteiger partial charge in [0, 0.05) is 27.3 Å². The number of fused-ring (bicyclic) bond motifs is 1. The summed E-state index contributed by atoms with van der Waals surface area (Å²) in [5.41, 5.74) is 1.36. The minimum absolute atomic E-state index is 0.446. The highest BCUT2D eigenvalue weighted by molar-refractivity contribution is 7.11. The first-order chi connectivity index (χ1) is 10.3. The van der Waals surface area contributed by atoms with Crippen molar-refractivity contribution < 1.29 is 4.74 Å². The van der Waals surface area contributed by atoms with Crippen molar-refractivity contribution in [3.05, 3.63) is 51.7 Å². The van der Waals surface area contributed by atoms with Crippen LogP contribution in [0.2, 0.25) is 0 Å². The lowest BCUT2D eigenvalue weighted by Crippen LogP contribution is -2.37. The first kappa shape index (κ1) is 14.6. The van der Waals surface area contributed by atoms with Gasteiger partial charge in [-0.25, -0.2) is 0 Å². The normalized spacial score (nSPS) is 18.3. The fourth-order valence-corrected chi connectivity index (χ4v) is 4.09. The van der Waals surface area contributed by atoms with Gasteiger partial charge in [-0.3, -0.25) is 0 Å². The van der Waals surface area contributed by atoms with E-state index >= 15 is 0 Å². The standard InChI is InChI=1S/C18H23NOS/c1-3-13-9-10-14(21-13)11-17(19-4-2)16-12-20-18-8-6-5-7-15(16)18/h5-10,16-17,19H,3-4,11-12H2,1-2H3. The monoisotopic (exact) mass is 301 g/mol. The molecular formula is C18H23NOS. The van der Waals surface area contributed by atoms with E-state index in [1.54, 1.807) is 0 Å². The Kier molecular flexibility index (Phi) is 4.61. The van der Waals surface area contributed by atoms with Gasteiger partial charge in [0.05, 0.1) is 6.61 Å². The molecule has 2 unspecified atom stereocenters. The summed E-state index contributed by atoms with van der Waals surface area (Å²) < 4.78 is 5.87. The van der Waals surface area contributed by atoms with E-state index in [1.165, 1.54) is 15.3 Å². The van der Waals surface area contributed by atoms with Crippen molar-refractivity contribution in [3.8, 4) is 5.75 Å². The van der Waals surface area contributed by atoms with Gasteiger partial charge in [0.1, 0.15) is 5.75 Å². The number of nitrogens with one attached hydrogen (secondary N) is 1. The maximum atomic E-state index is 5.87. The average molecular weight is 301 g/mol. The van der Waals surface area contributed by atoms with Crippen LogP contribution in [0, 0.1) is 0 Å². The highest BCUT2D eigenvalue weighted by Gasteiger charge is 2.31. The molecule has 1 aliphatic rings. The summed E-state index contributed by atoms with van der Waals surface area (Å²) in [7, 11) is 0. The van der Waals surface area contributed by atoms with Crippen LogP contribution in [0.5, 0.6) is 5.75 Å². The summed E-state index contributed by atoms with van der Waals surface area (Å²) in [6.45, 7) is 6.19. The van der Waals surface area contributed by atoms with Gasteiger partial charge >= 0.3 is 0 Å². The molecule has 2 nitrogen and oxygen atoms in total. The molecule has 0 fully saturated rings. The van der Waals surface area contributed by atoms with Crippen LogP contribution in [0.3, 0.4) is 0 Å². The molecule has 2 heterocycles. The molecule has 2 atom stereocenters. The highest BCUT2D eigenvalue weighted by Crippen LogP contribution is 2.36. The molecule has 112 valence electrons. The van der Waals surface area contributed by atoms with E-state index in [9.17, 15) is 0 Å². The number of hydrogen-bond acceptors (Lipinski definition) is 3. The lowest BCUT2D eigenvalue weighted by atomic mass is 9.91. The third-order valence-corrected chi connectivity index (χ3v) is 5.43. The molecule has 2 aromatic rings. The molecule has 0 spiro atoms. The molecule has 0 radical (unpaired) electrons. The molecule has 0 aliphatic carbocycles. The van der Waals surface area contributed by atoms with E-state index in [4.69, 9.17) is 4.74 Å². The molecule has 21 heavy (non-hydrogen) atoms. The minimum Gasteiger partial charge on any atom is -0.493 e. The molecule has 1 aromatic carbocycles. The summed E-state index contributed by atoms with van der Waals surface area (Å²) in [5.74, 6) is 1.51. The molecule has 0 saturated carbocycles. The van der Waals surface area contributed by atoms with Crippen LogP contribution in [0.25, 0.3) is 0 Å². The molecule has 0 amide bonds. The summed E-state index contributed by atoms with van der Waals surface area (Å²) in [6.07, 6.45) is 2.22. The second-order valence-corrected chi connectivity index (χ2v) is 6.80. The lowest BCUT2D eigenvalue weighted by Gasteiger charge is -2.23. The number of likely N-dealkylation sites (N-methyl/N-ethyl adjacent to an activating group) is 1. The Morgan fingerprint density at radius 2 is 2.00 bits per heavy atom. The Hall–Kier alpha value is -1.32. The number of para-hydroxylation sites is 1. The van der Waals surface area contributed by atoms with E-state index in [-0.39, 0.29) is 0 Å². The summed E-state index contributed by atoms with van der Waals surface area (Å²) in [6, 6.07) is 13.5. The van der Waals surface area contributed by atoms with Gasteiger partial charge in [0.2, 0.25) is 0 Å². The smallest absolute Gasteiger partial charge is 0.122 e. The van der Waals surface area contributed by atoms with Gasteiger partial charge < -0.3 is 10.1 Å². The number of thiophene rings is 1. The summed E-state index contributed by atoms with van der Waals surface area (Å²) in [5, 5.41) is 3.67. The largest absolute Gasteiger partial charge is 0.493 e. The van der Waals surface area contributed by atoms with Gasteiger partial charge in [-0.05, 0) is 37.6 Å². The molecular weight excluding hydrogens is 278 g/mol. The van der Waals surface area contributed by atoms with Gasteiger partial charge in [-0.15, -0.1) is 11.3 Å². The minimum atomic E-state index is 0.446. The fourth-order valence-electron chi connectivity index (χ4n) is 3.08. The van der Waals surface area contributed by atoms with E-state index in [0.29, 0.717) is 12.0 Å². The van der Waals surface area contributed by atoms with Gasteiger partial charge in [0.25, 0.3) is 0 Å². The van der Waals surface area contributed by atoms with Crippen molar-refractivity contribution in [1.29, 1.82) is 0 Å². The Labute approximate surface area is 131 Å². The van der Waals surface area contributed by atoms with Crippen LogP contribution in [0.4, 0.5) is 0 Å².